The van der Waals surface area contributed by atoms with Crippen LogP contribution < -0.4 is 5.73 Å². The maximum Gasteiger partial charge on any atom is 0.247 e. The van der Waals surface area contributed by atoms with Crippen molar-refractivity contribution in [3.05, 3.63) is 0 Å². The molecule has 0 saturated carbocycles. The lowest BCUT2D eigenvalue weighted by Crippen LogP contribution is -2.43. The van der Waals surface area contributed by atoms with E-state index in [4.69, 9.17) is 10.6 Å². The Hall–Kier alpha value is -0.610. The van der Waals surface area contributed by atoms with Gasteiger partial charge in [0, 0.05) is 12.5 Å². The van der Waals surface area contributed by atoms with Crippen molar-refractivity contribution in [2.24, 2.45) is 5.73 Å². The second kappa shape index (κ2) is 2.98. The number of hydrogen-bond donors (Lipinski definition) is 1. The Kier molecular flexibility index (Phi) is 2.24. The van der Waals surface area contributed by atoms with Crippen LogP contribution in [0.2, 0.25) is 0 Å². The van der Waals surface area contributed by atoms with Gasteiger partial charge < -0.3 is 5.73 Å². The molecule has 4 nitrogen and oxygen atoms in total. The molecule has 58 valence electrons. The molecule has 1 heterocycles. The van der Waals surface area contributed by atoms with E-state index in [1.807, 2.05) is 0 Å². The molecule has 1 unspecified atom stereocenters. The third-order valence-electron chi connectivity index (χ3n) is 1.64. The molecule has 0 aromatic heterocycles. The van der Waals surface area contributed by atoms with Crippen LogP contribution in [0.5, 0.6) is 0 Å². The monoisotopic (exact) mass is 144 g/mol. The van der Waals surface area contributed by atoms with Crippen LogP contribution in [0.15, 0.2) is 0 Å². The lowest BCUT2D eigenvalue weighted by Gasteiger charge is -2.27. The lowest BCUT2D eigenvalue weighted by atomic mass is 10.1. The van der Waals surface area contributed by atoms with Gasteiger partial charge in [-0.2, -0.15) is 0 Å². The fourth-order valence-electron chi connectivity index (χ4n) is 1.03. The van der Waals surface area contributed by atoms with Crippen molar-refractivity contribution < 1.29 is 9.63 Å². The van der Waals surface area contributed by atoms with Crippen LogP contribution in [0.4, 0.5) is 0 Å². The standard InChI is InChI=1S/C6H12N2O2/c1-10-8-3-2-5(7)4-6(8)9/h5H,2-4,7H2,1H3. The second-order valence-corrected chi connectivity index (χ2v) is 2.43. The topological polar surface area (TPSA) is 55.6 Å². The zero-order chi connectivity index (χ0) is 7.56. The first kappa shape index (κ1) is 7.50. The van der Waals surface area contributed by atoms with E-state index in [0.29, 0.717) is 13.0 Å². The number of nitrogens with two attached hydrogens (primary N) is 1. The molecular weight excluding hydrogens is 132 g/mol. The molecule has 0 bridgehead atoms. The lowest BCUT2D eigenvalue weighted by molar-refractivity contribution is -0.181. The van der Waals surface area contributed by atoms with E-state index in [-0.39, 0.29) is 11.9 Å². The predicted molar refractivity (Wildman–Crippen MR) is 35.9 cm³/mol. The van der Waals surface area contributed by atoms with E-state index in [0.717, 1.165) is 6.42 Å². The number of carbonyl (C=O) groups is 1. The van der Waals surface area contributed by atoms with E-state index in [9.17, 15) is 4.79 Å². The average molecular weight is 144 g/mol. The molecule has 1 fully saturated rings. The smallest absolute Gasteiger partial charge is 0.247 e. The number of nitrogens with zero attached hydrogens (tertiary/aromatic N) is 1. The summed E-state index contributed by atoms with van der Waals surface area (Å²) in [6.07, 6.45) is 1.24. The summed E-state index contributed by atoms with van der Waals surface area (Å²) in [4.78, 5) is 15.7. The molecule has 1 aliphatic rings. The van der Waals surface area contributed by atoms with Gasteiger partial charge in [0.05, 0.1) is 13.7 Å². The summed E-state index contributed by atoms with van der Waals surface area (Å²) in [6.45, 7) is 0.622. The largest absolute Gasteiger partial charge is 0.327 e. The zero-order valence-electron chi connectivity index (χ0n) is 6.04. The third-order valence-corrected chi connectivity index (χ3v) is 1.64. The van der Waals surface area contributed by atoms with Crippen molar-refractivity contribution in [1.29, 1.82) is 0 Å². The van der Waals surface area contributed by atoms with Gasteiger partial charge in [-0.1, -0.05) is 0 Å². The van der Waals surface area contributed by atoms with Gasteiger partial charge in [0.2, 0.25) is 5.91 Å². The molecule has 1 aliphatic heterocycles. The average Bonchev–Trinajstić information content (AvgIpc) is 1.88. The molecule has 4 heteroatoms. The van der Waals surface area contributed by atoms with E-state index in [1.54, 1.807) is 0 Å². The van der Waals surface area contributed by atoms with Crippen molar-refractivity contribution in [1.82, 2.24) is 5.06 Å². The third kappa shape index (κ3) is 1.46. The van der Waals surface area contributed by atoms with Crippen LogP contribution >= 0.6 is 0 Å². The van der Waals surface area contributed by atoms with E-state index in [2.05, 4.69) is 0 Å². The minimum Gasteiger partial charge on any atom is -0.327 e. The highest BCUT2D eigenvalue weighted by atomic mass is 16.7. The van der Waals surface area contributed by atoms with Gasteiger partial charge in [0.15, 0.2) is 0 Å². The van der Waals surface area contributed by atoms with Crippen LogP contribution in [0.3, 0.4) is 0 Å². The van der Waals surface area contributed by atoms with Crippen molar-refractivity contribution in [3.63, 3.8) is 0 Å². The minimum absolute atomic E-state index is 0.0127. The fraction of sp³-hybridized carbons (Fsp3) is 0.833. The molecule has 1 atom stereocenters. The van der Waals surface area contributed by atoms with E-state index < -0.39 is 0 Å². The summed E-state index contributed by atoms with van der Waals surface area (Å²) in [6, 6.07) is 0.0268. The number of amides is 1. The maximum absolute atomic E-state index is 11.0. The van der Waals surface area contributed by atoms with Crippen molar-refractivity contribution in [2.45, 2.75) is 18.9 Å². The van der Waals surface area contributed by atoms with Crippen LogP contribution in [0.25, 0.3) is 0 Å². The first-order valence-electron chi connectivity index (χ1n) is 3.34. The quantitative estimate of drug-likeness (QED) is 0.539. The Bertz CT molecular complexity index is 138. The minimum atomic E-state index is -0.0127. The highest BCUT2D eigenvalue weighted by Crippen LogP contribution is 2.08. The van der Waals surface area contributed by atoms with Crippen LogP contribution in [-0.2, 0) is 9.63 Å². The molecule has 0 aromatic carbocycles. The number of carbonyl (C=O) groups excluding carboxylic acids is 1. The van der Waals surface area contributed by atoms with Crippen molar-refractivity contribution >= 4 is 5.91 Å². The summed E-state index contributed by atoms with van der Waals surface area (Å²) in [5.41, 5.74) is 5.54. The zero-order valence-corrected chi connectivity index (χ0v) is 6.04. The van der Waals surface area contributed by atoms with Gasteiger partial charge in [-0.25, -0.2) is 5.06 Å². The van der Waals surface area contributed by atoms with Crippen molar-refractivity contribution in [2.75, 3.05) is 13.7 Å². The molecule has 0 aromatic rings. The SMILES string of the molecule is CON1CCC(N)CC1=O. The molecule has 10 heavy (non-hydrogen) atoms. The van der Waals surface area contributed by atoms with Crippen LogP contribution in [-0.4, -0.2) is 30.7 Å². The number of hydrogen-bond acceptors (Lipinski definition) is 3. The highest BCUT2D eigenvalue weighted by molar-refractivity contribution is 5.76. The van der Waals surface area contributed by atoms with Gasteiger partial charge in [-0.3, -0.25) is 9.63 Å². The summed E-state index contributed by atoms with van der Waals surface area (Å²) < 4.78 is 0. The van der Waals surface area contributed by atoms with E-state index in [1.165, 1.54) is 12.2 Å². The molecular formula is C6H12N2O2. The molecule has 1 saturated heterocycles. The van der Waals surface area contributed by atoms with Gasteiger partial charge in [-0.15, -0.1) is 0 Å². The fourth-order valence-corrected chi connectivity index (χ4v) is 1.03. The summed E-state index contributed by atoms with van der Waals surface area (Å²) in [5, 5.41) is 1.35. The normalized spacial score (nSPS) is 27.2. The molecule has 1 rings (SSSR count). The first-order valence-corrected chi connectivity index (χ1v) is 3.34. The Morgan fingerprint density at radius 2 is 2.50 bits per heavy atom. The Labute approximate surface area is 59.9 Å². The number of piperidine rings is 1. The van der Waals surface area contributed by atoms with Gasteiger partial charge >= 0.3 is 0 Å². The highest BCUT2D eigenvalue weighted by Gasteiger charge is 2.22. The van der Waals surface area contributed by atoms with Crippen molar-refractivity contribution in [3.8, 4) is 0 Å². The molecule has 2 N–H and O–H groups in total. The molecule has 1 amide bonds. The van der Waals surface area contributed by atoms with Crippen LogP contribution in [0.1, 0.15) is 12.8 Å². The second-order valence-electron chi connectivity index (χ2n) is 2.43. The van der Waals surface area contributed by atoms with Gasteiger partial charge in [0.1, 0.15) is 0 Å². The van der Waals surface area contributed by atoms with Crippen LogP contribution in [0, 0.1) is 0 Å². The molecule has 0 radical (unpaired) electrons. The number of rotatable bonds is 1. The predicted octanol–water partition coefficient (Wildman–Crippen LogP) is -0.503. The Morgan fingerprint density at radius 3 is 3.00 bits per heavy atom. The molecule has 0 spiro atoms. The first-order chi connectivity index (χ1) is 4.74. The maximum atomic E-state index is 11.0. The number of hydroxylamine groups is 2. The Balaban J connectivity index is 2.43. The molecule has 0 aliphatic carbocycles. The Morgan fingerprint density at radius 1 is 1.80 bits per heavy atom. The summed E-state index contributed by atoms with van der Waals surface area (Å²) >= 11 is 0. The van der Waals surface area contributed by atoms with Gasteiger partial charge in [-0.05, 0) is 6.42 Å². The summed E-state index contributed by atoms with van der Waals surface area (Å²) in [7, 11) is 1.49. The van der Waals surface area contributed by atoms with E-state index >= 15 is 0 Å². The van der Waals surface area contributed by atoms with Gasteiger partial charge in [0.25, 0.3) is 0 Å². The summed E-state index contributed by atoms with van der Waals surface area (Å²) in [5.74, 6) is -0.0127.